The van der Waals surface area contributed by atoms with Gasteiger partial charge in [-0.15, -0.1) is 0 Å². The Bertz CT molecular complexity index is 645. The largest absolute Gasteiger partial charge is 0.391 e. The van der Waals surface area contributed by atoms with E-state index in [1.807, 2.05) is 6.92 Å². The molecule has 7 N–H and O–H groups in total. The molecular weight excluding hydrogens is 414 g/mol. The molecule has 4 saturated carbocycles. The van der Waals surface area contributed by atoms with E-state index in [-0.39, 0.29) is 53.6 Å². The van der Waals surface area contributed by atoms with Gasteiger partial charge < -0.3 is 27.0 Å². The lowest BCUT2D eigenvalue weighted by Crippen LogP contribution is -2.61. The second-order valence-electron chi connectivity index (χ2n) is 12.2. The third kappa shape index (κ3) is 5.29. The van der Waals surface area contributed by atoms with Gasteiger partial charge in [-0.25, -0.2) is 0 Å². The summed E-state index contributed by atoms with van der Waals surface area (Å²) in [5, 5.41) is 25.3. The molecule has 10 atom stereocenters. The Labute approximate surface area is 200 Å². The van der Waals surface area contributed by atoms with Crippen LogP contribution in [0.3, 0.4) is 0 Å². The minimum atomic E-state index is -0.514. The molecule has 0 radical (unpaired) electrons. The van der Waals surface area contributed by atoms with Gasteiger partial charge in [0, 0.05) is 24.0 Å². The molecule has 0 saturated heterocycles. The van der Waals surface area contributed by atoms with Crippen LogP contribution < -0.4 is 16.8 Å². The zero-order valence-electron chi connectivity index (χ0n) is 20.9. The van der Waals surface area contributed by atoms with Crippen molar-refractivity contribution in [2.24, 2.45) is 52.9 Å². The molecule has 4 fully saturated rings. The van der Waals surface area contributed by atoms with Crippen LogP contribution in [-0.4, -0.2) is 46.5 Å². The summed E-state index contributed by atoms with van der Waals surface area (Å²) in [5.74, 6) is 1.19. The summed E-state index contributed by atoms with van der Waals surface area (Å²) in [7, 11) is 0. The van der Waals surface area contributed by atoms with E-state index in [1.165, 1.54) is 51.4 Å². The van der Waals surface area contributed by atoms with E-state index >= 15 is 0 Å². The van der Waals surface area contributed by atoms with Crippen molar-refractivity contribution in [2.75, 3.05) is 0 Å². The van der Waals surface area contributed by atoms with E-state index < -0.39 is 12.2 Å². The molecule has 1 amide bonds. The predicted octanol–water partition coefficient (Wildman–Crippen LogP) is 2.94. The molecule has 0 spiro atoms. The van der Waals surface area contributed by atoms with Crippen LogP contribution in [0.4, 0.5) is 0 Å². The van der Waals surface area contributed by atoms with Crippen LogP contribution in [0, 0.1) is 41.4 Å². The van der Waals surface area contributed by atoms with Crippen molar-refractivity contribution in [3.8, 4) is 0 Å². The minimum absolute atomic E-state index is 0.00812. The van der Waals surface area contributed by atoms with Crippen LogP contribution in [-0.2, 0) is 4.79 Å². The molecule has 0 bridgehead atoms. The average Bonchev–Trinajstić information content (AvgIpc) is 2.84. The second-order valence-corrected chi connectivity index (χ2v) is 12.2. The highest BCUT2D eigenvalue weighted by Gasteiger charge is 2.48. The van der Waals surface area contributed by atoms with Gasteiger partial charge in [-0.1, -0.05) is 78.1 Å². The molecular formula is C27H49N3O3. The molecule has 6 heteroatoms. The number of carbonyl (C=O) groups is 1. The second kappa shape index (κ2) is 10.9. The monoisotopic (exact) mass is 463 g/mol. The van der Waals surface area contributed by atoms with E-state index in [0.717, 1.165) is 25.7 Å². The van der Waals surface area contributed by atoms with Crippen molar-refractivity contribution in [1.29, 1.82) is 0 Å². The summed E-state index contributed by atoms with van der Waals surface area (Å²) in [6.45, 7) is 4.10. The zero-order chi connectivity index (χ0) is 23.7. The van der Waals surface area contributed by atoms with Gasteiger partial charge >= 0.3 is 0 Å². The minimum Gasteiger partial charge on any atom is -0.391 e. The van der Waals surface area contributed by atoms with Crippen molar-refractivity contribution < 1.29 is 15.0 Å². The highest BCUT2D eigenvalue weighted by molar-refractivity contribution is 5.79. The molecule has 0 heterocycles. The highest BCUT2D eigenvalue weighted by Crippen LogP contribution is 2.43. The molecule has 4 aliphatic rings. The summed E-state index contributed by atoms with van der Waals surface area (Å²) in [6.07, 6.45) is 12.6. The number of rotatable bonds is 4. The zero-order valence-corrected chi connectivity index (χ0v) is 20.9. The van der Waals surface area contributed by atoms with Crippen LogP contribution in [0.1, 0.15) is 90.9 Å². The highest BCUT2D eigenvalue weighted by atomic mass is 16.3. The van der Waals surface area contributed by atoms with Gasteiger partial charge in [-0.05, 0) is 48.3 Å². The van der Waals surface area contributed by atoms with Crippen LogP contribution >= 0.6 is 0 Å². The quantitative estimate of drug-likeness (QED) is 0.439. The van der Waals surface area contributed by atoms with E-state index in [2.05, 4.69) is 12.2 Å². The molecule has 4 rings (SSSR count). The lowest BCUT2D eigenvalue weighted by Gasteiger charge is -2.48. The number of nitrogens with one attached hydrogen (secondary N) is 1. The van der Waals surface area contributed by atoms with Crippen molar-refractivity contribution in [3.05, 3.63) is 0 Å². The third-order valence-corrected chi connectivity index (χ3v) is 10.4. The summed E-state index contributed by atoms with van der Waals surface area (Å²) >= 11 is 0. The molecule has 33 heavy (non-hydrogen) atoms. The normalized spacial score (nSPS) is 46.1. The standard InChI is InChI=1S/C27H49N3O3/c1-15-19(13-20(25(31)23(15)28)17-9-5-3-6-10-17)27(33)30-22-14-21(18-11-7-4-8-12-18)26(32)24(29)16(22)2/h15-26,31-32H,3-14,28-29H2,1-2H3,(H,30,33). The molecule has 0 aromatic rings. The fraction of sp³-hybridized carbons (Fsp3) is 0.963. The number of aliphatic hydroxyl groups is 2. The Morgan fingerprint density at radius 2 is 1.18 bits per heavy atom. The van der Waals surface area contributed by atoms with Gasteiger partial charge in [0.25, 0.3) is 0 Å². The van der Waals surface area contributed by atoms with Crippen LogP contribution in [0.25, 0.3) is 0 Å². The van der Waals surface area contributed by atoms with Gasteiger partial charge in [0.15, 0.2) is 0 Å². The Kier molecular flexibility index (Phi) is 8.41. The van der Waals surface area contributed by atoms with E-state index in [0.29, 0.717) is 11.8 Å². The smallest absolute Gasteiger partial charge is 0.223 e. The number of carbonyl (C=O) groups excluding carboxylic acids is 1. The lowest BCUT2D eigenvalue weighted by atomic mass is 9.63. The third-order valence-electron chi connectivity index (χ3n) is 10.4. The summed E-state index contributed by atoms with van der Waals surface area (Å²) in [5.41, 5.74) is 13.0. The maximum Gasteiger partial charge on any atom is 0.223 e. The maximum atomic E-state index is 13.6. The van der Waals surface area contributed by atoms with Gasteiger partial charge in [0.1, 0.15) is 0 Å². The molecule has 190 valence electrons. The maximum absolute atomic E-state index is 13.6. The fourth-order valence-electron chi connectivity index (χ4n) is 7.92. The predicted molar refractivity (Wildman–Crippen MR) is 131 cm³/mol. The van der Waals surface area contributed by atoms with Crippen LogP contribution in [0.15, 0.2) is 0 Å². The number of amides is 1. The Hall–Kier alpha value is -0.690. The SMILES string of the molecule is CC1C(NC(=O)C2CC(C3CCCCC3)C(O)C(N)C2C)CC(C2CCCCC2)C(O)C1N. The van der Waals surface area contributed by atoms with Crippen LogP contribution in [0.5, 0.6) is 0 Å². The topological polar surface area (TPSA) is 122 Å². The van der Waals surface area contributed by atoms with E-state index in [9.17, 15) is 15.0 Å². The van der Waals surface area contributed by atoms with E-state index in [1.54, 1.807) is 0 Å². The van der Waals surface area contributed by atoms with Gasteiger partial charge in [0.05, 0.1) is 12.2 Å². The molecule has 6 nitrogen and oxygen atoms in total. The number of aliphatic hydroxyl groups excluding tert-OH is 2. The van der Waals surface area contributed by atoms with E-state index in [4.69, 9.17) is 11.5 Å². The Morgan fingerprint density at radius 1 is 0.727 bits per heavy atom. The average molecular weight is 464 g/mol. The Morgan fingerprint density at radius 3 is 1.70 bits per heavy atom. The first-order chi connectivity index (χ1) is 15.8. The summed E-state index contributed by atoms with van der Waals surface area (Å²) in [6, 6.07) is -0.672. The molecule has 0 aromatic heterocycles. The lowest BCUT2D eigenvalue weighted by molar-refractivity contribution is -0.134. The number of hydrogen-bond donors (Lipinski definition) is 5. The first-order valence-electron chi connectivity index (χ1n) is 14.0. The summed E-state index contributed by atoms with van der Waals surface area (Å²) < 4.78 is 0. The first-order valence-corrected chi connectivity index (χ1v) is 14.0. The Balaban J connectivity index is 1.44. The summed E-state index contributed by atoms with van der Waals surface area (Å²) in [4.78, 5) is 13.6. The van der Waals surface area contributed by atoms with Crippen molar-refractivity contribution in [1.82, 2.24) is 5.32 Å². The fourth-order valence-corrected chi connectivity index (χ4v) is 7.92. The van der Waals surface area contributed by atoms with Crippen molar-refractivity contribution in [2.45, 2.75) is 121 Å². The first kappa shape index (κ1) is 25.4. The van der Waals surface area contributed by atoms with Gasteiger partial charge in [-0.2, -0.15) is 0 Å². The van der Waals surface area contributed by atoms with Crippen molar-refractivity contribution >= 4 is 5.91 Å². The molecule has 10 unspecified atom stereocenters. The molecule has 0 aliphatic heterocycles. The number of nitrogens with two attached hydrogens (primary N) is 2. The van der Waals surface area contributed by atoms with Gasteiger partial charge in [-0.3, -0.25) is 4.79 Å². The van der Waals surface area contributed by atoms with Crippen LogP contribution in [0.2, 0.25) is 0 Å². The van der Waals surface area contributed by atoms with Gasteiger partial charge in [0.2, 0.25) is 5.91 Å². The number of hydrogen-bond acceptors (Lipinski definition) is 5. The molecule has 0 aromatic carbocycles. The molecule has 4 aliphatic carbocycles. The van der Waals surface area contributed by atoms with Crippen molar-refractivity contribution in [3.63, 3.8) is 0 Å².